The summed E-state index contributed by atoms with van der Waals surface area (Å²) in [5.41, 5.74) is -0.406. The van der Waals surface area contributed by atoms with Crippen molar-refractivity contribution in [1.82, 2.24) is 5.32 Å². The second-order valence-electron chi connectivity index (χ2n) is 4.96. The summed E-state index contributed by atoms with van der Waals surface area (Å²) >= 11 is 0. The molecule has 0 bridgehead atoms. The summed E-state index contributed by atoms with van der Waals surface area (Å²) in [6, 6.07) is 4.50. The summed E-state index contributed by atoms with van der Waals surface area (Å²) in [7, 11) is 0. The lowest BCUT2D eigenvalue weighted by molar-refractivity contribution is -0.148. The van der Waals surface area contributed by atoms with Crippen LogP contribution in [-0.4, -0.2) is 40.8 Å². The first-order valence-electron chi connectivity index (χ1n) is 6.38. The molecule has 1 saturated heterocycles. The zero-order chi connectivity index (χ0) is 14.8. The van der Waals surface area contributed by atoms with Gasteiger partial charge in [0.1, 0.15) is 11.3 Å². The maximum Gasteiger partial charge on any atom is 0.329 e. The molecule has 0 atom stereocenters. The first-order chi connectivity index (χ1) is 9.44. The predicted molar refractivity (Wildman–Crippen MR) is 70.7 cm³/mol. The van der Waals surface area contributed by atoms with Crippen LogP contribution in [0.15, 0.2) is 18.2 Å². The van der Waals surface area contributed by atoms with E-state index in [0.717, 1.165) is 0 Å². The van der Waals surface area contributed by atoms with Gasteiger partial charge in [0, 0.05) is 31.6 Å². The second-order valence-corrected chi connectivity index (χ2v) is 4.96. The number of carboxylic acids is 1. The minimum atomic E-state index is -1.30. The zero-order valence-corrected chi connectivity index (χ0v) is 11.2. The second kappa shape index (κ2) is 5.50. The maximum atomic E-state index is 12.2. The highest BCUT2D eigenvalue weighted by Gasteiger charge is 2.41. The molecule has 0 unspecified atom stereocenters. The van der Waals surface area contributed by atoms with Crippen LogP contribution in [0.25, 0.3) is 0 Å². The van der Waals surface area contributed by atoms with Crippen LogP contribution in [0, 0.1) is 6.92 Å². The number of carboxylic acid groups (broad SMARTS) is 1. The summed E-state index contributed by atoms with van der Waals surface area (Å²) in [5, 5.41) is 21.5. The summed E-state index contributed by atoms with van der Waals surface area (Å²) in [6.07, 6.45) is 0.456. The number of phenolic OH excluding ortho intramolecular Hbond substituents is 1. The van der Waals surface area contributed by atoms with Gasteiger partial charge in [0.15, 0.2) is 0 Å². The third-order valence-corrected chi connectivity index (χ3v) is 3.58. The number of aryl methyl sites for hydroxylation is 1. The summed E-state index contributed by atoms with van der Waals surface area (Å²) in [5.74, 6) is -1.57. The first kappa shape index (κ1) is 14.3. The zero-order valence-electron chi connectivity index (χ0n) is 11.2. The number of amides is 1. The van der Waals surface area contributed by atoms with Gasteiger partial charge in [-0.1, -0.05) is 6.07 Å². The number of hydrogen-bond donors (Lipinski definition) is 3. The van der Waals surface area contributed by atoms with Crippen molar-refractivity contribution < 1.29 is 24.5 Å². The molecule has 1 aliphatic heterocycles. The van der Waals surface area contributed by atoms with Crippen LogP contribution in [0.4, 0.5) is 0 Å². The number of ether oxygens (including phenoxy) is 1. The Morgan fingerprint density at radius 3 is 2.50 bits per heavy atom. The molecular formula is C14H17NO5. The number of aromatic hydroxyl groups is 1. The van der Waals surface area contributed by atoms with Crippen LogP contribution in [0.3, 0.4) is 0 Å². The Labute approximate surface area is 116 Å². The molecule has 108 valence electrons. The molecule has 1 aliphatic rings. The molecule has 1 aromatic rings. The number of phenols is 1. The molecule has 0 radical (unpaired) electrons. The third kappa shape index (κ3) is 2.75. The van der Waals surface area contributed by atoms with Crippen molar-refractivity contribution in [3.05, 3.63) is 29.3 Å². The molecule has 0 saturated carbocycles. The normalized spacial score (nSPS) is 17.4. The van der Waals surface area contributed by atoms with Gasteiger partial charge < -0.3 is 20.3 Å². The molecule has 0 aromatic heterocycles. The molecule has 1 amide bonds. The van der Waals surface area contributed by atoms with Crippen LogP contribution in [0.1, 0.15) is 28.8 Å². The van der Waals surface area contributed by atoms with E-state index in [4.69, 9.17) is 4.74 Å². The first-order valence-corrected chi connectivity index (χ1v) is 6.38. The van der Waals surface area contributed by atoms with Crippen molar-refractivity contribution in [3.8, 4) is 5.75 Å². The Balaban J connectivity index is 2.20. The Hall–Kier alpha value is -2.08. The topological polar surface area (TPSA) is 95.9 Å². The van der Waals surface area contributed by atoms with Gasteiger partial charge in [-0.05, 0) is 24.6 Å². The van der Waals surface area contributed by atoms with Gasteiger partial charge in [-0.15, -0.1) is 0 Å². The Bertz CT molecular complexity index is 534. The van der Waals surface area contributed by atoms with Crippen molar-refractivity contribution >= 4 is 11.9 Å². The SMILES string of the molecule is Cc1ccc(C(=O)NC2(C(=O)O)CCOCC2)cc1O. The molecular weight excluding hydrogens is 262 g/mol. The largest absolute Gasteiger partial charge is 0.508 e. The fraction of sp³-hybridized carbons (Fsp3) is 0.429. The van der Waals surface area contributed by atoms with Crippen LogP contribution >= 0.6 is 0 Å². The Kier molecular flexibility index (Phi) is 3.94. The molecule has 1 aromatic carbocycles. The van der Waals surface area contributed by atoms with Gasteiger partial charge in [-0.2, -0.15) is 0 Å². The highest BCUT2D eigenvalue weighted by molar-refractivity contribution is 5.98. The van der Waals surface area contributed by atoms with Gasteiger partial charge in [0.05, 0.1) is 0 Å². The molecule has 0 spiro atoms. The number of rotatable bonds is 3. The lowest BCUT2D eigenvalue weighted by Crippen LogP contribution is -2.57. The monoisotopic (exact) mass is 279 g/mol. The van der Waals surface area contributed by atoms with E-state index in [9.17, 15) is 19.8 Å². The standard InChI is InChI=1S/C14H17NO5/c1-9-2-3-10(8-11(9)16)12(17)15-14(13(18)19)4-6-20-7-5-14/h2-3,8,16H,4-7H2,1H3,(H,15,17)(H,18,19). The number of benzene rings is 1. The average Bonchev–Trinajstić information content (AvgIpc) is 2.42. The Morgan fingerprint density at radius 2 is 1.95 bits per heavy atom. The number of aliphatic carboxylic acids is 1. The lowest BCUT2D eigenvalue weighted by Gasteiger charge is -2.33. The molecule has 0 aliphatic carbocycles. The van der Waals surface area contributed by atoms with Crippen molar-refractivity contribution in [2.45, 2.75) is 25.3 Å². The molecule has 1 heterocycles. The quantitative estimate of drug-likeness (QED) is 0.769. The van der Waals surface area contributed by atoms with E-state index in [0.29, 0.717) is 18.8 Å². The van der Waals surface area contributed by atoms with Gasteiger partial charge in [-0.25, -0.2) is 4.79 Å². The lowest BCUT2D eigenvalue weighted by atomic mass is 9.89. The van der Waals surface area contributed by atoms with Crippen molar-refractivity contribution in [1.29, 1.82) is 0 Å². The van der Waals surface area contributed by atoms with E-state index in [1.807, 2.05) is 0 Å². The predicted octanol–water partition coefficient (Wildman–Crippen LogP) is 1.06. The molecule has 20 heavy (non-hydrogen) atoms. The van der Waals surface area contributed by atoms with Crippen molar-refractivity contribution in [2.75, 3.05) is 13.2 Å². The molecule has 6 heteroatoms. The highest BCUT2D eigenvalue weighted by atomic mass is 16.5. The number of carbonyl (C=O) groups excluding carboxylic acids is 1. The fourth-order valence-electron chi connectivity index (χ4n) is 2.15. The molecule has 3 N–H and O–H groups in total. The highest BCUT2D eigenvalue weighted by Crippen LogP contribution is 2.23. The van der Waals surface area contributed by atoms with Gasteiger partial charge in [0.25, 0.3) is 5.91 Å². The molecule has 2 rings (SSSR count). The maximum absolute atomic E-state index is 12.2. The van der Waals surface area contributed by atoms with Crippen LogP contribution in [0.5, 0.6) is 5.75 Å². The minimum Gasteiger partial charge on any atom is -0.508 e. The van der Waals surface area contributed by atoms with Crippen molar-refractivity contribution in [2.24, 2.45) is 0 Å². The van der Waals surface area contributed by atoms with Gasteiger partial charge in [-0.3, -0.25) is 4.79 Å². The van der Waals surface area contributed by atoms with Crippen LogP contribution < -0.4 is 5.32 Å². The molecule has 6 nitrogen and oxygen atoms in total. The van der Waals surface area contributed by atoms with E-state index in [1.165, 1.54) is 6.07 Å². The third-order valence-electron chi connectivity index (χ3n) is 3.58. The Morgan fingerprint density at radius 1 is 1.30 bits per heavy atom. The summed E-state index contributed by atoms with van der Waals surface area (Å²) in [6.45, 7) is 2.31. The molecule has 1 fully saturated rings. The number of carbonyl (C=O) groups is 2. The van der Waals surface area contributed by atoms with Gasteiger partial charge in [0.2, 0.25) is 0 Å². The summed E-state index contributed by atoms with van der Waals surface area (Å²) in [4.78, 5) is 23.6. The van der Waals surface area contributed by atoms with Gasteiger partial charge >= 0.3 is 5.97 Å². The summed E-state index contributed by atoms with van der Waals surface area (Å²) < 4.78 is 5.14. The smallest absolute Gasteiger partial charge is 0.329 e. The minimum absolute atomic E-state index is 0.00834. The number of hydrogen-bond acceptors (Lipinski definition) is 4. The van der Waals surface area contributed by atoms with E-state index < -0.39 is 17.4 Å². The fourth-order valence-corrected chi connectivity index (χ4v) is 2.15. The van der Waals surface area contributed by atoms with E-state index in [1.54, 1.807) is 19.1 Å². The van der Waals surface area contributed by atoms with E-state index >= 15 is 0 Å². The average molecular weight is 279 g/mol. The van der Waals surface area contributed by atoms with E-state index in [-0.39, 0.29) is 24.2 Å². The van der Waals surface area contributed by atoms with E-state index in [2.05, 4.69) is 5.32 Å². The van der Waals surface area contributed by atoms with Crippen molar-refractivity contribution in [3.63, 3.8) is 0 Å². The van der Waals surface area contributed by atoms with Crippen LogP contribution in [-0.2, 0) is 9.53 Å². The number of nitrogens with one attached hydrogen (secondary N) is 1. The van der Waals surface area contributed by atoms with Crippen LogP contribution in [0.2, 0.25) is 0 Å².